The average molecular weight is 790 g/mol. The van der Waals surface area contributed by atoms with Crippen molar-refractivity contribution in [3.05, 3.63) is 147 Å². The van der Waals surface area contributed by atoms with Crippen LogP contribution >= 0.6 is 0 Å². The molecule has 1 amide bonds. The third-order valence-electron chi connectivity index (χ3n) is 10.1. The number of hydrogen-bond acceptors (Lipinski definition) is 10. The lowest BCUT2D eigenvalue weighted by molar-refractivity contribution is 0.0682. The molecule has 4 aromatic rings. The lowest BCUT2D eigenvalue weighted by Crippen LogP contribution is -2.26. The maximum absolute atomic E-state index is 14.0. The van der Waals surface area contributed by atoms with E-state index < -0.39 is 35.8 Å². The Labute approximate surface area is 332 Å². The maximum atomic E-state index is 14.0. The summed E-state index contributed by atoms with van der Waals surface area (Å²) in [6, 6.07) is 24.7. The highest BCUT2D eigenvalue weighted by molar-refractivity contribution is 6.11. The molecule has 0 spiro atoms. The van der Waals surface area contributed by atoms with Crippen LogP contribution in [0.25, 0.3) is 66.8 Å². The first kappa shape index (κ1) is 37.7. The van der Waals surface area contributed by atoms with Gasteiger partial charge in [-0.2, -0.15) is 0 Å². The fraction of sp³-hybridized carbons (Fsp3) is 0.0667. The molecule has 0 atom stereocenters. The van der Waals surface area contributed by atoms with Gasteiger partial charge in [-0.1, -0.05) is 6.07 Å². The van der Waals surface area contributed by atoms with Gasteiger partial charge in [-0.3, -0.25) is 9.59 Å². The number of anilines is 1. The minimum absolute atomic E-state index is 0.0201. The summed E-state index contributed by atoms with van der Waals surface area (Å²) >= 11 is 0. The fourth-order valence-electron chi connectivity index (χ4n) is 7.31. The normalized spacial score (nSPS) is 11.3. The molecule has 8 rings (SSSR count). The first-order valence-corrected chi connectivity index (χ1v) is 17.9. The van der Waals surface area contributed by atoms with Crippen LogP contribution in [0.15, 0.2) is 117 Å². The van der Waals surface area contributed by atoms with Crippen LogP contribution in [-0.2, 0) is 6.54 Å². The van der Waals surface area contributed by atoms with E-state index in [-0.39, 0.29) is 72.5 Å². The maximum Gasteiger partial charge on any atom is 0.336 e. The molecule has 2 heterocycles. The Kier molecular flexibility index (Phi) is 9.16. The van der Waals surface area contributed by atoms with Crippen LogP contribution in [0, 0.1) is 5.41 Å². The molecule has 0 saturated carbocycles. The molecular formula is C45H31N3O11. The molecule has 0 radical (unpaired) electrons. The van der Waals surface area contributed by atoms with Gasteiger partial charge in [0.15, 0.2) is 5.43 Å². The van der Waals surface area contributed by atoms with E-state index in [1.165, 1.54) is 66.7 Å². The number of carbonyl (C=O) groups is 4. The van der Waals surface area contributed by atoms with E-state index in [0.717, 1.165) is 11.8 Å². The van der Waals surface area contributed by atoms with Crippen LogP contribution in [0.2, 0.25) is 0 Å². The van der Waals surface area contributed by atoms with Crippen LogP contribution in [0.3, 0.4) is 0 Å². The largest absolute Gasteiger partial charge is 0.508 e. The molecule has 0 unspecified atom stereocenters. The number of phenolic OH excluding ortho intramolecular Hbond substituents is 1. The molecule has 2 aliphatic carbocycles. The average Bonchev–Trinajstić information content (AvgIpc) is 3.20. The molecular weight excluding hydrogens is 759 g/mol. The summed E-state index contributed by atoms with van der Waals surface area (Å²) in [5, 5.41) is 52.5. The summed E-state index contributed by atoms with van der Waals surface area (Å²) in [5.41, 5.74) is 1.96. The van der Waals surface area contributed by atoms with Crippen LogP contribution in [0.5, 0.6) is 5.75 Å². The summed E-state index contributed by atoms with van der Waals surface area (Å²) in [5.74, 6) is -4.54. The number of nitrogens with zero attached hydrogens (tertiary/aromatic N) is 1. The molecule has 14 heteroatoms. The van der Waals surface area contributed by atoms with Gasteiger partial charge in [-0.05, 0) is 90.0 Å². The zero-order chi connectivity index (χ0) is 41.9. The number of fused-ring (bicyclic) bond motifs is 4. The Morgan fingerprint density at radius 3 is 2.02 bits per heavy atom. The number of phenols is 1. The van der Waals surface area contributed by atoms with E-state index in [9.17, 15) is 44.4 Å². The van der Waals surface area contributed by atoms with Crippen molar-refractivity contribution in [3.8, 4) is 50.7 Å². The molecule has 292 valence electrons. The van der Waals surface area contributed by atoms with Gasteiger partial charge in [-0.25, -0.2) is 14.4 Å². The van der Waals surface area contributed by atoms with Crippen molar-refractivity contribution >= 4 is 51.4 Å². The molecule has 4 aliphatic rings. The second-order valence-electron chi connectivity index (χ2n) is 14.0. The van der Waals surface area contributed by atoms with Crippen LogP contribution < -0.4 is 21.0 Å². The predicted octanol–water partition coefficient (Wildman–Crippen LogP) is 7.36. The van der Waals surface area contributed by atoms with E-state index in [0.29, 0.717) is 33.2 Å². The van der Waals surface area contributed by atoms with Crippen LogP contribution in [-0.4, -0.2) is 58.3 Å². The van der Waals surface area contributed by atoms with Gasteiger partial charge in [0, 0.05) is 76.6 Å². The topological polar surface area (TPSA) is 232 Å². The van der Waals surface area contributed by atoms with Crippen molar-refractivity contribution < 1.29 is 48.4 Å². The quantitative estimate of drug-likeness (QED) is 0.0788. The molecule has 0 aromatic heterocycles. The smallest absolute Gasteiger partial charge is 0.336 e. The van der Waals surface area contributed by atoms with Crippen molar-refractivity contribution in [2.75, 3.05) is 19.0 Å². The minimum atomic E-state index is -1.41. The van der Waals surface area contributed by atoms with E-state index in [1.807, 2.05) is 25.1 Å². The number of amides is 1. The molecule has 0 saturated heterocycles. The number of hydrogen-bond donors (Lipinski definition) is 6. The third-order valence-corrected chi connectivity index (χ3v) is 10.1. The summed E-state index contributed by atoms with van der Waals surface area (Å²) < 4.78 is 12.4. The molecule has 59 heavy (non-hydrogen) atoms. The number of benzene rings is 6. The lowest BCUT2D eigenvalue weighted by atomic mass is 9.88. The third kappa shape index (κ3) is 6.63. The molecule has 0 fully saturated rings. The minimum Gasteiger partial charge on any atom is -0.508 e. The number of carboxylic acids is 3. The summed E-state index contributed by atoms with van der Waals surface area (Å²) in [6.07, 6.45) is 0. The van der Waals surface area contributed by atoms with Gasteiger partial charge in [0.05, 0.1) is 34.2 Å². The van der Waals surface area contributed by atoms with Crippen molar-refractivity contribution in [1.29, 1.82) is 5.41 Å². The first-order valence-electron chi connectivity index (χ1n) is 17.9. The fourth-order valence-corrected chi connectivity index (χ4v) is 7.31. The summed E-state index contributed by atoms with van der Waals surface area (Å²) in [4.78, 5) is 66.3. The van der Waals surface area contributed by atoms with Gasteiger partial charge in [0.2, 0.25) is 0 Å². The highest BCUT2D eigenvalue weighted by Gasteiger charge is 2.27. The van der Waals surface area contributed by atoms with Crippen molar-refractivity contribution in [1.82, 2.24) is 5.32 Å². The van der Waals surface area contributed by atoms with Crippen LogP contribution in [0.1, 0.15) is 47.0 Å². The summed E-state index contributed by atoms with van der Waals surface area (Å²) in [6.45, 7) is -0.391. The molecule has 14 nitrogen and oxygen atoms in total. The molecule has 2 aliphatic heterocycles. The zero-order valence-corrected chi connectivity index (χ0v) is 31.1. The Morgan fingerprint density at radius 2 is 1.31 bits per heavy atom. The van der Waals surface area contributed by atoms with E-state index >= 15 is 0 Å². The molecule has 4 aromatic carbocycles. The Balaban J connectivity index is 1.24. The van der Waals surface area contributed by atoms with Gasteiger partial charge in [-0.15, -0.1) is 0 Å². The van der Waals surface area contributed by atoms with Crippen molar-refractivity contribution in [3.63, 3.8) is 0 Å². The Bertz CT molecular complexity index is 3160. The van der Waals surface area contributed by atoms with E-state index in [1.54, 1.807) is 24.3 Å². The predicted molar refractivity (Wildman–Crippen MR) is 217 cm³/mol. The SMILES string of the molecule is CN(C)c1ccc2c(-c3cc(C(=O)NCc4c5oc6cc(O)ccc6c(-c6ccc(C(=O)O)cc6C(=O)O)c-5ccc4=O)ccc3C(=O)O)c3ccc(=N)cc-3oc2c1. The number of aromatic carboxylic acids is 3. The van der Waals surface area contributed by atoms with Crippen LogP contribution in [0.4, 0.5) is 5.69 Å². The van der Waals surface area contributed by atoms with E-state index in [2.05, 4.69) is 5.32 Å². The highest BCUT2D eigenvalue weighted by Crippen LogP contribution is 2.44. The second kappa shape index (κ2) is 14.4. The highest BCUT2D eigenvalue weighted by atomic mass is 16.4. The first-order chi connectivity index (χ1) is 28.2. The number of nitrogens with one attached hydrogen (secondary N) is 2. The standard InChI is InChI=1S/C45H31N3O11/c1-48(2)24-6-11-29-37(18-24)58-36-17-23(46)5-10-28(36)40(29)32-15-21(3-9-27(32)44(54)55)42(51)47-20-34-35(50)14-13-31-39(30-12-7-25(49)19-38(30)59-41(31)34)26-8-4-22(43(52)53)16-33(26)45(56)57/h3-19,46,49H,20H2,1-2H3,(H,47,51)(H,52,53)(H,54,55)(H,56,57). The molecule has 0 bridgehead atoms. The zero-order valence-electron chi connectivity index (χ0n) is 31.1. The number of aromatic hydroxyl groups is 1. The Morgan fingerprint density at radius 1 is 0.644 bits per heavy atom. The number of carbonyl (C=O) groups excluding carboxylic acids is 1. The van der Waals surface area contributed by atoms with E-state index in [4.69, 9.17) is 14.2 Å². The molecule has 6 N–H and O–H groups in total. The summed E-state index contributed by atoms with van der Waals surface area (Å²) in [7, 11) is 3.72. The van der Waals surface area contributed by atoms with Crippen molar-refractivity contribution in [2.45, 2.75) is 6.54 Å². The monoisotopic (exact) mass is 789 g/mol. The van der Waals surface area contributed by atoms with Gasteiger partial charge in [0.25, 0.3) is 5.91 Å². The lowest BCUT2D eigenvalue weighted by Gasteiger charge is -2.20. The van der Waals surface area contributed by atoms with Gasteiger partial charge >= 0.3 is 17.9 Å². The van der Waals surface area contributed by atoms with Gasteiger partial charge < -0.3 is 44.9 Å². The Hall–Kier alpha value is -8.26. The number of rotatable bonds is 9. The second-order valence-corrected chi connectivity index (χ2v) is 14.0. The number of carboxylic acid groups (broad SMARTS) is 3. The van der Waals surface area contributed by atoms with Crippen molar-refractivity contribution in [2.24, 2.45) is 0 Å². The van der Waals surface area contributed by atoms with Gasteiger partial charge in [0.1, 0.15) is 28.4 Å².